The molecule has 2 saturated heterocycles. The van der Waals surface area contributed by atoms with E-state index >= 15 is 0 Å². The van der Waals surface area contributed by atoms with E-state index in [1.807, 2.05) is 54.6 Å². The lowest BCUT2D eigenvalue weighted by Crippen LogP contribution is -2.73. The monoisotopic (exact) mass is 415 g/mol. The molecule has 6 nitrogen and oxygen atoms in total. The first-order valence-corrected chi connectivity index (χ1v) is 10.8. The number of hydrogen-bond acceptors (Lipinski definition) is 3. The SMILES string of the molecule is O=C(Nc1ccccc1)N1CC(=O)N2[C@H](CO)[C@H](c3ccc(C#CC4CC4)cc3)[C@H]2C1. The Hall–Kier alpha value is -3.30. The van der Waals surface area contributed by atoms with Crippen LogP contribution in [0.25, 0.3) is 0 Å². The van der Waals surface area contributed by atoms with E-state index in [2.05, 4.69) is 17.2 Å². The van der Waals surface area contributed by atoms with E-state index in [1.54, 1.807) is 9.80 Å². The summed E-state index contributed by atoms with van der Waals surface area (Å²) < 4.78 is 0. The number of rotatable bonds is 3. The third-order valence-electron chi connectivity index (χ3n) is 6.36. The lowest BCUT2D eigenvalue weighted by Gasteiger charge is -2.58. The van der Waals surface area contributed by atoms with Crippen molar-refractivity contribution < 1.29 is 14.7 Å². The topological polar surface area (TPSA) is 72.9 Å². The summed E-state index contributed by atoms with van der Waals surface area (Å²) in [5.41, 5.74) is 2.75. The maximum absolute atomic E-state index is 12.8. The molecule has 158 valence electrons. The van der Waals surface area contributed by atoms with Crippen LogP contribution in [0.15, 0.2) is 54.6 Å². The van der Waals surface area contributed by atoms with Crippen molar-refractivity contribution in [2.75, 3.05) is 25.0 Å². The lowest BCUT2D eigenvalue weighted by atomic mass is 9.73. The summed E-state index contributed by atoms with van der Waals surface area (Å²) in [5, 5.41) is 12.8. The van der Waals surface area contributed by atoms with Crippen LogP contribution in [0.1, 0.15) is 29.9 Å². The van der Waals surface area contributed by atoms with E-state index in [9.17, 15) is 14.7 Å². The van der Waals surface area contributed by atoms with Gasteiger partial charge in [-0.05, 0) is 42.7 Å². The summed E-state index contributed by atoms with van der Waals surface area (Å²) in [6.45, 7) is 0.370. The summed E-state index contributed by atoms with van der Waals surface area (Å²) in [6.07, 6.45) is 2.40. The minimum Gasteiger partial charge on any atom is -0.394 e. The Morgan fingerprint density at radius 1 is 1.10 bits per heavy atom. The maximum Gasteiger partial charge on any atom is 0.322 e. The van der Waals surface area contributed by atoms with Crippen molar-refractivity contribution in [3.8, 4) is 11.8 Å². The van der Waals surface area contributed by atoms with Crippen LogP contribution in [0.2, 0.25) is 0 Å². The molecule has 1 aliphatic carbocycles. The number of fused-ring (bicyclic) bond motifs is 1. The standard InChI is InChI=1S/C25H25N3O3/c29-16-22-24(19-12-10-18(11-13-19)9-8-17-6-7-17)21-14-27(15-23(30)28(21)22)25(31)26-20-4-2-1-3-5-20/h1-5,10-13,17,21-22,24,29H,6-7,14-16H2,(H,26,31)/t21-,22-,24-/m1/s1. The van der Waals surface area contributed by atoms with Crippen molar-refractivity contribution in [3.05, 3.63) is 65.7 Å². The second-order valence-corrected chi connectivity index (χ2v) is 8.49. The van der Waals surface area contributed by atoms with Gasteiger partial charge in [0.1, 0.15) is 6.54 Å². The van der Waals surface area contributed by atoms with Crippen LogP contribution < -0.4 is 5.32 Å². The molecule has 2 aromatic rings. The second kappa shape index (κ2) is 8.09. The molecule has 31 heavy (non-hydrogen) atoms. The third-order valence-corrected chi connectivity index (χ3v) is 6.36. The lowest BCUT2D eigenvalue weighted by molar-refractivity contribution is -0.159. The van der Waals surface area contributed by atoms with Gasteiger partial charge >= 0.3 is 6.03 Å². The molecule has 2 aliphatic heterocycles. The van der Waals surface area contributed by atoms with E-state index in [0.717, 1.165) is 11.1 Å². The van der Waals surface area contributed by atoms with E-state index in [1.165, 1.54) is 12.8 Å². The Labute approximate surface area is 181 Å². The summed E-state index contributed by atoms with van der Waals surface area (Å²) in [6, 6.07) is 16.6. The van der Waals surface area contributed by atoms with Crippen molar-refractivity contribution in [1.29, 1.82) is 0 Å². The molecule has 2 aromatic carbocycles. The summed E-state index contributed by atoms with van der Waals surface area (Å²) >= 11 is 0. The van der Waals surface area contributed by atoms with Crippen LogP contribution >= 0.6 is 0 Å². The number of anilines is 1. The highest BCUT2D eigenvalue weighted by atomic mass is 16.3. The number of piperazine rings is 1. The molecule has 2 N–H and O–H groups in total. The Morgan fingerprint density at radius 2 is 1.84 bits per heavy atom. The molecule has 3 atom stereocenters. The van der Waals surface area contributed by atoms with Gasteiger partial charge in [0.25, 0.3) is 0 Å². The average Bonchev–Trinajstić information content (AvgIpc) is 3.60. The molecular weight excluding hydrogens is 390 g/mol. The summed E-state index contributed by atoms with van der Waals surface area (Å²) in [4.78, 5) is 28.8. The molecule has 0 bridgehead atoms. The zero-order valence-corrected chi connectivity index (χ0v) is 17.2. The number of carbonyl (C=O) groups excluding carboxylic acids is 2. The van der Waals surface area contributed by atoms with Gasteiger partial charge in [-0.15, -0.1) is 0 Å². The van der Waals surface area contributed by atoms with Crippen molar-refractivity contribution in [2.24, 2.45) is 5.92 Å². The Morgan fingerprint density at radius 3 is 2.52 bits per heavy atom. The Kier molecular flexibility index (Phi) is 5.13. The van der Waals surface area contributed by atoms with Crippen molar-refractivity contribution >= 4 is 17.6 Å². The number of nitrogens with one attached hydrogen (secondary N) is 1. The van der Waals surface area contributed by atoms with Gasteiger partial charge in [0.05, 0.1) is 18.7 Å². The number of amides is 3. The van der Waals surface area contributed by atoms with Gasteiger partial charge in [-0.25, -0.2) is 4.79 Å². The number of urea groups is 1. The molecule has 3 amide bonds. The molecule has 0 spiro atoms. The van der Waals surface area contributed by atoms with Crippen molar-refractivity contribution in [2.45, 2.75) is 30.8 Å². The van der Waals surface area contributed by atoms with Crippen LogP contribution in [0.4, 0.5) is 10.5 Å². The minimum absolute atomic E-state index is 0.00767. The number of benzene rings is 2. The fourth-order valence-electron chi connectivity index (χ4n) is 4.58. The molecule has 3 aliphatic rings. The predicted octanol–water partition coefficient (Wildman–Crippen LogP) is 2.65. The molecule has 2 heterocycles. The van der Waals surface area contributed by atoms with Crippen molar-refractivity contribution in [1.82, 2.24) is 9.80 Å². The van der Waals surface area contributed by atoms with Gasteiger partial charge in [0.2, 0.25) is 5.91 Å². The third kappa shape index (κ3) is 3.89. The van der Waals surface area contributed by atoms with E-state index in [4.69, 9.17) is 0 Å². The van der Waals surface area contributed by atoms with Crippen LogP contribution in [0, 0.1) is 17.8 Å². The first-order valence-electron chi connectivity index (χ1n) is 10.8. The predicted molar refractivity (Wildman–Crippen MR) is 117 cm³/mol. The van der Waals surface area contributed by atoms with Gasteiger partial charge in [0.15, 0.2) is 0 Å². The number of para-hydroxylation sites is 1. The van der Waals surface area contributed by atoms with E-state index < -0.39 is 0 Å². The first-order chi connectivity index (χ1) is 15.1. The van der Waals surface area contributed by atoms with Crippen LogP contribution in [0.3, 0.4) is 0 Å². The van der Waals surface area contributed by atoms with Gasteiger partial charge in [-0.2, -0.15) is 0 Å². The van der Waals surface area contributed by atoms with Crippen LogP contribution in [0.5, 0.6) is 0 Å². The molecule has 0 aromatic heterocycles. The summed E-state index contributed by atoms with van der Waals surface area (Å²) in [5.74, 6) is 6.91. The van der Waals surface area contributed by atoms with Crippen molar-refractivity contribution in [3.63, 3.8) is 0 Å². The molecule has 5 rings (SSSR count). The fraction of sp³-hybridized carbons (Fsp3) is 0.360. The Balaban J connectivity index is 1.31. The highest BCUT2D eigenvalue weighted by molar-refractivity contribution is 5.93. The van der Waals surface area contributed by atoms with Gasteiger partial charge in [0, 0.05) is 29.6 Å². The van der Waals surface area contributed by atoms with Gasteiger partial charge < -0.3 is 20.2 Å². The highest BCUT2D eigenvalue weighted by Gasteiger charge is 2.54. The zero-order chi connectivity index (χ0) is 21.4. The maximum atomic E-state index is 12.8. The quantitative estimate of drug-likeness (QED) is 0.757. The van der Waals surface area contributed by atoms with Gasteiger partial charge in [-0.3, -0.25) is 4.79 Å². The van der Waals surface area contributed by atoms with Crippen LogP contribution in [-0.2, 0) is 4.79 Å². The highest BCUT2D eigenvalue weighted by Crippen LogP contribution is 2.43. The normalized spacial score (nSPS) is 24.5. The summed E-state index contributed by atoms with van der Waals surface area (Å²) in [7, 11) is 0. The molecule has 0 radical (unpaired) electrons. The van der Waals surface area contributed by atoms with Gasteiger partial charge in [-0.1, -0.05) is 42.2 Å². The number of carbonyl (C=O) groups is 2. The minimum atomic E-state index is -0.281. The smallest absolute Gasteiger partial charge is 0.322 e. The largest absolute Gasteiger partial charge is 0.394 e. The number of aliphatic hydroxyl groups excluding tert-OH is 1. The number of nitrogens with zero attached hydrogens (tertiary/aromatic N) is 2. The van der Waals surface area contributed by atoms with E-state index in [-0.39, 0.29) is 43.1 Å². The first kappa shape index (κ1) is 19.7. The molecule has 0 unspecified atom stereocenters. The fourth-order valence-corrected chi connectivity index (χ4v) is 4.58. The zero-order valence-electron chi connectivity index (χ0n) is 17.2. The number of hydrogen-bond donors (Lipinski definition) is 2. The molecule has 1 saturated carbocycles. The Bertz CT molecular complexity index is 1040. The molecular formula is C25H25N3O3. The molecule has 6 heteroatoms. The average molecular weight is 415 g/mol. The van der Waals surface area contributed by atoms with Crippen LogP contribution in [-0.4, -0.2) is 58.6 Å². The second-order valence-electron chi connectivity index (χ2n) is 8.49. The van der Waals surface area contributed by atoms with E-state index in [0.29, 0.717) is 18.2 Å². The molecule has 3 fully saturated rings. The number of aliphatic hydroxyl groups is 1.